The Balaban J connectivity index is 1.25. The van der Waals surface area contributed by atoms with E-state index in [2.05, 4.69) is 24.5 Å². The van der Waals surface area contributed by atoms with Gasteiger partial charge in [0, 0.05) is 22.5 Å². The lowest BCUT2D eigenvalue weighted by Crippen LogP contribution is -2.12. The quantitative estimate of drug-likeness (QED) is 0.155. The van der Waals surface area contributed by atoms with Crippen LogP contribution in [0.2, 0.25) is 0 Å². The van der Waals surface area contributed by atoms with Crippen molar-refractivity contribution < 1.29 is 19.1 Å². The summed E-state index contributed by atoms with van der Waals surface area (Å²) in [7, 11) is 0. The number of hydrogen-bond donors (Lipinski definition) is 2. The Hall–Kier alpha value is -4.58. The summed E-state index contributed by atoms with van der Waals surface area (Å²) in [6, 6.07) is 30.1. The second-order valence-corrected chi connectivity index (χ2v) is 9.93. The summed E-state index contributed by atoms with van der Waals surface area (Å²) < 4.78 is 11.3. The number of ether oxygens (including phenoxy) is 2. The lowest BCUT2D eigenvalue weighted by atomic mass is 10.0. The summed E-state index contributed by atoms with van der Waals surface area (Å²) >= 11 is 0. The lowest BCUT2D eigenvalue weighted by Gasteiger charge is -2.10. The summed E-state index contributed by atoms with van der Waals surface area (Å²) in [5.74, 6) is 1.22. The van der Waals surface area contributed by atoms with Crippen molar-refractivity contribution in [2.24, 2.45) is 0 Å². The molecule has 4 aromatic rings. The van der Waals surface area contributed by atoms with E-state index in [1.165, 1.54) is 0 Å². The largest absolute Gasteiger partial charge is 0.494 e. The average Bonchev–Trinajstić information content (AvgIpc) is 3.00. The monoisotopic (exact) mass is 550 g/mol. The van der Waals surface area contributed by atoms with Crippen molar-refractivity contribution in [1.82, 2.24) is 0 Å². The highest BCUT2D eigenvalue weighted by Crippen LogP contribution is 2.19. The zero-order valence-electron chi connectivity index (χ0n) is 23.8. The van der Waals surface area contributed by atoms with Crippen molar-refractivity contribution in [3.63, 3.8) is 0 Å². The Morgan fingerprint density at radius 2 is 0.902 bits per heavy atom. The molecule has 0 heterocycles. The van der Waals surface area contributed by atoms with Crippen LogP contribution in [0.15, 0.2) is 97.1 Å². The van der Waals surface area contributed by atoms with Crippen LogP contribution in [0.4, 0.5) is 11.4 Å². The van der Waals surface area contributed by atoms with Crippen molar-refractivity contribution in [3.05, 3.63) is 119 Å². The van der Waals surface area contributed by atoms with Crippen LogP contribution >= 0.6 is 0 Å². The molecular formula is C35H38N2O4. The first-order valence-electron chi connectivity index (χ1n) is 14.3. The summed E-state index contributed by atoms with van der Waals surface area (Å²) in [6.07, 6.45) is 4.91. The average molecular weight is 551 g/mol. The van der Waals surface area contributed by atoms with Crippen LogP contribution in [-0.4, -0.2) is 25.0 Å². The number of nitrogens with one attached hydrogen (secondary N) is 2. The van der Waals surface area contributed by atoms with E-state index < -0.39 is 0 Å². The second kappa shape index (κ2) is 15.3. The molecule has 0 saturated heterocycles. The van der Waals surface area contributed by atoms with Gasteiger partial charge >= 0.3 is 0 Å². The van der Waals surface area contributed by atoms with E-state index in [0.717, 1.165) is 66.1 Å². The van der Waals surface area contributed by atoms with Gasteiger partial charge < -0.3 is 20.1 Å². The zero-order chi connectivity index (χ0) is 28.9. The molecule has 0 fully saturated rings. The number of anilines is 2. The summed E-state index contributed by atoms with van der Waals surface area (Å²) in [4.78, 5) is 25.3. The van der Waals surface area contributed by atoms with Gasteiger partial charge in [0.1, 0.15) is 11.5 Å². The smallest absolute Gasteiger partial charge is 0.255 e. The van der Waals surface area contributed by atoms with E-state index in [9.17, 15) is 9.59 Å². The predicted molar refractivity (Wildman–Crippen MR) is 165 cm³/mol. The van der Waals surface area contributed by atoms with Crippen molar-refractivity contribution in [2.45, 2.75) is 46.0 Å². The SMILES string of the molecule is CCCCOc1ccc(C(=O)Nc2ccc(Cc3ccc(NC(=O)c4ccc(OCCCC)cc4)cc3)cc2)cc1. The Morgan fingerprint density at radius 1 is 0.537 bits per heavy atom. The van der Waals surface area contributed by atoms with E-state index in [0.29, 0.717) is 24.3 Å². The number of rotatable bonds is 14. The molecule has 4 rings (SSSR count). The van der Waals surface area contributed by atoms with Gasteiger partial charge in [-0.25, -0.2) is 0 Å². The molecule has 0 unspecified atom stereocenters. The molecule has 0 bridgehead atoms. The number of carbonyl (C=O) groups is 2. The molecule has 2 N–H and O–H groups in total. The third-order valence-electron chi connectivity index (χ3n) is 6.60. The molecule has 41 heavy (non-hydrogen) atoms. The third-order valence-corrected chi connectivity index (χ3v) is 6.60. The van der Waals surface area contributed by atoms with Crippen LogP contribution in [0, 0.1) is 0 Å². The van der Waals surface area contributed by atoms with Gasteiger partial charge in [-0.05, 0) is 103 Å². The minimum Gasteiger partial charge on any atom is -0.494 e. The van der Waals surface area contributed by atoms with Crippen LogP contribution in [0.25, 0.3) is 0 Å². The molecule has 2 amide bonds. The lowest BCUT2D eigenvalue weighted by molar-refractivity contribution is 0.101. The van der Waals surface area contributed by atoms with Crippen LogP contribution < -0.4 is 20.1 Å². The number of unbranched alkanes of at least 4 members (excludes halogenated alkanes) is 2. The Bertz CT molecular complexity index is 1270. The van der Waals surface area contributed by atoms with Gasteiger partial charge in [0.15, 0.2) is 0 Å². The van der Waals surface area contributed by atoms with E-state index in [4.69, 9.17) is 9.47 Å². The van der Waals surface area contributed by atoms with Crippen LogP contribution in [0.1, 0.15) is 71.4 Å². The van der Waals surface area contributed by atoms with Gasteiger partial charge in [-0.3, -0.25) is 9.59 Å². The van der Waals surface area contributed by atoms with Gasteiger partial charge in [-0.1, -0.05) is 51.0 Å². The van der Waals surface area contributed by atoms with Crippen LogP contribution in [0.3, 0.4) is 0 Å². The van der Waals surface area contributed by atoms with Crippen LogP contribution in [0.5, 0.6) is 11.5 Å². The standard InChI is InChI=1S/C35H38N2O4/c1-3-5-23-40-32-19-11-28(12-20-32)34(38)36-30-15-7-26(8-16-30)25-27-9-17-31(18-10-27)37-35(39)29-13-21-33(22-14-29)41-24-6-4-2/h7-22H,3-6,23-25H2,1-2H3,(H,36,38)(H,37,39). The normalized spacial score (nSPS) is 10.6. The van der Waals surface area contributed by atoms with Crippen molar-refractivity contribution in [3.8, 4) is 11.5 Å². The van der Waals surface area contributed by atoms with Gasteiger partial charge in [-0.15, -0.1) is 0 Å². The summed E-state index contributed by atoms with van der Waals surface area (Å²) in [5.41, 5.74) is 4.88. The zero-order valence-corrected chi connectivity index (χ0v) is 23.8. The van der Waals surface area contributed by atoms with Gasteiger partial charge in [0.05, 0.1) is 13.2 Å². The van der Waals surface area contributed by atoms with E-state index >= 15 is 0 Å². The van der Waals surface area contributed by atoms with Gasteiger partial charge in [-0.2, -0.15) is 0 Å². The highest BCUT2D eigenvalue weighted by Gasteiger charge is 2.09. The predicted octanol–water partition coefficient (Wildman–Crippen LogP) is 8.14. The minimum atomic E-state index is -0.160. The first kappa shape index (κ1) is 29.4. The highest BCUT2D eigenvalue weighted by molar-refractivity contribution is 6.05. The molecule has 0 aliphatic carbocycles. The number of benzene rings is 4. The maximum atomic E-state index is 12.6. The fraction of sp³-hybridized carbons (Fsp3) is 0.257. The Kier molecular flexibility index (Phi) is 11.0. The topological polar surface area (TPSA) is 76.7 Å². The van der Waals surface area contributed by atoms with E-state index in [1.54, 1.807) is 24.3 Å². The fourth-order valence-electron chi connectivity index (χ4n) is 4.13. The van der Waals surface area contributed by atoms with Gasteiger partial charge in [0.25, 0.3) is 11.8 Å². The number of carbonyl (C=O) groups excluding carboxylic acids is 2. The van der Waals surface area contributed by atoms with Crippen molar-refractivity contribution in [2.75, 3.05) is 23.8 Å². The molecule has 0 aliphatic rings. The Labute approximate surface area is 242 Å². The molecule has 4 aromatic carbocycles. The molecule has 212 valence electrons. The maximum absolute atomic E-state index is 12.6. The van der Waals surface area contributed by atoms with E-state index in [1.807, 2.05) is 72.8 Å². The first-order chi connectivity index (χ1) is 20.0. The molecule has 0 radical (unpaired) electrons. The number of amides is 2. The number of hydrogen-bond acceptors (Lipinski definition) is 4. The molecule has 0 saturated carbocycles. The molecule has 0 atom stereocenters. The Morgan fingerprint density at radius 3 is 1.24 bits per heavy atom. The minimum absolute atomic E-state index is 0.160. The molecule has 6 nitrogen and oxygen atoms in total. The summed E-state index contributed by atoms with van der Waals surface area (Å²) in [5, 5.41) is 5.90. The first-order valence-corrected chi connectivity index (χ1v) is 14.3. The van der Waals surface area contributed by atoms with Crippen LogP contribution in [-0.2, 0) is 6.42 Å². The summed E-state index contributed by atoms with van der Waals surface area (Å²) in [6.45, 7) is 5.60. The molecule has 0 spiro atoms. The van der Waals surface area contributed by atoms with E-state index in [-0.39, 0.29) is 11.8 Å². The maximum Gasteiger partial charge on any atom is 0.255 e. The molecule has 0 aliphatic heterocycles. The van der Waals surface area contributed by atoms with Gasteiger partial charge in [0.2, 0.25) is 0 Å². The fourth-order valence-corrected chi connectivity index (χ4v) is 4.13. The molecule has 0 aromatic heterocycles. The molecular weight excluding hydrogens is 512 g/mol. The van der Waals surface area contributed by atoms with Crippen molar-refractivity contribution in [1.29, 1.82) is 0 Å². The third kappa shape index (κ3) is 9.24. The van der Waals surface area contributed by atoms with Crippen molar-refractivity contribution >= 4 is 23.2 Å². The highest BCUT2D eigenvalue weighted by atomic mass is 16.5. The second-order valence-electron chi connectivity index (χ2n) is 9.93. The molecule has 6 heteroatoms.